The van der Waals surface area contributed by atoms with E-state index < -0.39 is 0 Å². The van der Waals surface area contributed by atoms with E-state index in [9.17, 15) is 0 Å². The lowest BCUT2D eigenvalue weighted by Gasteiger charge is -2.47. The van der Waals surface area contributed by atoms with E-state index in [-0.39, 0.29) is 5.41 Å². The SMILES string of the molecule is CCC1CNC(C(C)(C)C)CN1C(C)c1ccc(Cl)cc1. The zero-order valence-electron chi connectivity index (χ0n) is 14.0. The minimum atomic E-state index is 0.288. The van der Waals surface area contributed by atoms with E-state index in [2.05, 4.69) is 57.0 Å². The van der Waals surface area contributed by atoms with E-state index in [0.29, 0.717) is 18.1 Å². The summed E-state index contributed by atoms with van der Waals surface area (Å²) < 4.78 is 0. The molecule has 0 aromatic heterocycles. The lowest BCUT2D eigenvalue weighted by atomic mass is 9.84. The summed E-state index contributed by atoms with van der Waals surface area (Å²) >= 11 is 6.02. The molecule has 0 amide bonds. The molecule has 1 N–H and O–H groups in total. The van der Waals surface area contributed by atoms with Crippen LogP contribution in [0.4, 0.5) is 0 Å². The molecule has 1 aromatic carbocycles. The Hall–Kier alpha value is -0.570. The Bertz CT molecular complexity index is 449. The molecule has 2 rings (SSSR count). The molecule has 3 atom stereocenters. The minimum Gasteiger partial charge on any atom is -0.311 e. The first-order valence-corrected chi connectivity index (χ1v) is 8.45. The highest BCUT2D eigenvalue weighted by molar-refractivity contribution is 6.30. The van der Waals surface area contributed by atoms with Crippen molar-refractivity contribution in [3.05, 3.63) is 34.9 Å². The highest BCUT2D eigenvalue weighted by Gasteiger charge is 2.35. The van der Waals surface area contributed by atoms with Crippen molar-refractivity contribution in [1.82, 2.24) is 10.2 Å². The molecule has 1 aliphatic rings. The van der Waals surface area contributed by atoms with Gasteiger partial charge in [0.05, 0.1) is 0 Å². The zero-order chi connectivity index (χ0) is 15.6. The predicted octanol–water partition coefficient (Wildman–Crippen LogP) is 4.50. The number of benzene rings is 1. The van der Waals surface area contributed by atoms with Gasteiger partial charge in [-0.2, -0.15) is 0 Å². The summed E-state index contributed by atoms with van der Waals surface area (Å²) in [5.74, 6) is 0. The fourth-order valence-electron chi connectivity index (χ4n) is 3.19. The Balaban J connectivity index is 2.18. The second-order valence-electron chi connectivity index (χ2n) is 7.31. The Kier molecular flexibility index (Phi) is 5.34. The molecule has 1 heterocycles. The monoisotopic (exact) mass is 308 g/mol. The van der Waals surface area contributed by atoms with Gasteiger partial charge in [0, 0.05) is 36.2 Å². The molecule has 2 nitrogen and oxygen atoms in total. The second-order valence-corrected chi connectivity index (χ2v) is 7.75. The van der Waals surface area contributed by atoms with E-state index >= 15 is 0 Å². The van der Waals surface area contributed by atoms with Gasteiger partial charge >= 0.3 is 0 Å². The van der Waals surface area contributed by atoms with Crippen LogP contribution in [0.25, 0.3) is 0 Å². The summed E-state index contributed by atoms with van der Waals surface area (Å²) in [4.78, 5) is 2.66. The van der Waals surface area contributed by atoms with Crippen molar-refractivity contribution in [3.63, 3.8) is 0 Å². The normalized spacial score (nSPS) is 25.8. The summed E-state index contributed by atoms with van der Waals surface area (Å²) in [5.41, 5.74) is 1.64. The topological polar surface area (TPSA) is 15.3 Å². The van der Waals surface area contributed by atoms with Gasteiger partial charge in [0.25, 0.3) is 0 Å². The highest BCUT2D eigenvalue weighted by Crippen LogP contribution is 2.30. The summed E-state index contributed by atoms with van der Waals surface area (Å²) in [6.07, 6.45) is 1.18. The first-order chi connectivity index (χ1) is 9.82. The van der Waals surface area contributed by atoms with E-state index in [1.807, 2.05) is 12.1 Å². The molecule has 118 valence electrons. The van der Waals surface area contributed by atoms with Crippen LogP contribution >= 0.6 is 11.6 Å². The molecule has 0 saturated carbocycles. The fourth-order valence-corrected chi connectivity index (χ4v) is 3.31. The van der Waals surface area contributed by atoms with Crippen molar-refractivity contribution in [2.75, 3.05) is 13.1 Å². The minimum absolute atomic E-state index is 0.288. The van der Waals surface area contributed by atoms with Gasteiger partial charge in [-0.05, 0) is 36.5 Å². The first-order valence-electron chi connectivity index (χ1n) is 8.07. The molecule has 0 spiro atoms. The molecule has 0 aliphatic carbocycles. The molecule has 1 saturated heterocycles. The summed E-state index contributed by atoms with van der Waals surface area (Å²) in [7, 11) is 0. The van der Waals surface area contributed by atoms with Crippen molar-refractivity contribution in [1.29, 1.82) is 0 Å². The van der Waals surface area contributed by atoms with Crippen LogP contribution < -0.4 is 5.32 Å². The third kappa shape index (κ3) is 4.00. The van der Waals surface area contributed by atoms with Gasteiger partial charge in [0.2, 0.25) is 0 Å². The molecular formula is C18H29ClN2. The predicted molar refractivity (Wildman–Crippen MR) is 91.9 cm³/mol. The summed E-state index contributed by atoms with van der Waals surface area (Å²) in [6, 6.07) is 9.89. The van der Waals surface area contributed by atoms with Gasteiger partial charge < -0.3 is 5.32 Å². The average molecular weight is 309 g/mol. The Morgan fingerprint density at radius 3 is 2.43 bits per heavy atom. The van der Waals surface area contributed by atoms with Crippen molar-refractivity contribution in [2.45, 2.75) is 59.2 Å². The van der Waals surface area contributed by atoms with Crippen LogP contribution in [0.5, 0.6) is 0 Å². The fraction of sp³-hybridized carbons (Fsp3) is 0.667. The van der Waals surface area contributed by atoms with E-state index in [0.717, 1.165) is 18.1 Å². The van der Waals surface area contributed by atoms with Gasteiger partial charge in [-0.25, -0.2) is 0 Å². The number of hydrogen-bond donors (Lipinski definition) is 1. The number of nitrogens with one attached hydrogen (secondary N) is 1. The number of rotatable bonds is 3. The lowest BCUT2D eigenvalue weighted by Crippen LogP contribution is -2.60. The lowest BCUT2D eigenvalue weighted by molar-refractivity contribution is 0.0530. The standard InChI is InChI=1S/C18H29ClN2/c1-6-16-11-20-17(18(3,4)5)12-21(16)13(2)14-7-9-15(19)10-8-14/h7-10,13,16-17,20H,6,11-12H2,1-5H3. The first kappa shape index (κ1) is 16.8. The molecule has 0 bridgehead atoms. The van der Waals surface area contributed by atoms with Gasteiger partial charge in [-0.1, -0.05) is 51.4 Å². The molecular weight excluding hydrogens is 280 g/mol. The Morgan fingerprint density at radius 2 is 1.90 bits per heavy atom. The van der Waals surface area contributed by atoms with E-state index in [1.54, 1.807) is 0 Å². The van der Waals surface area contributed by atoms with Crippen molar-refractivity contribution in [3.8, 4) is 0 Å². The van der Waals surface area contributed by atoms with E-state index in [1.165, 1.54) is 12.0 Å². The molecule has 3 heteroatoms. The Labute approximate surface area is 134 Å². The molecule has 0 radical (unpaired) electrons. The van der Waals surface area contributed by atoms with Gasteiger partial charge in [-0.3, -0.25) is 4.90 Å². The summed E-state index contributed by atoms with van der Waals surface area (Å²) in [5, 5.41) is 4.55. The van der Waals surface area contributed by atoms with Crippen LogP contribution in [0.2, 0.25) is 5.02 Å². The van der Waals surface area contributed by atoms with Crippen molar-refractivity contribution in [2.24, 2.45) is 5.41 Å². The molecule has 1 aliphatic heterocycles. The molecule has 1 aromatic rings. The van der Waals surface area contributed by atoms with Gasteiger partial charge in [0.15, 0.2) is 0 Å². The number of piperazine rings is 1. The number of halogens is 1. The Morgan fingerprint density at radius 1 is 1.29 bits per heavy atom. The van der Waals surface area contributed by atoms with Crippen LogP contribution in [0.3, 0.4) is 0 Å². The van der Waals surface area contributed by atoms with Crippen LogP contribution in [0.15, 0.2) is 24.3 Å². The van der Waals surface area contributed by atoms with Crippen LogP contribution in [0.1, 0.15) is 52.6 Å². The number of nitrogens with zero attached hydrogens (tertiary/aromatic N) is 1. The quantitative estimate of drug-likeness (QED) is 0.884. The van der Waals surface area contributed by atoms with Gasteiger partial charge in [-0.15, -0.1) is 0 Å². The maximum atomic E-state index is 6.02. The molecule has 21 heavy (non-hydrogen) atoms. The largest absolute Gasteiger partial charge is 0.311 e. The van der Waals surface area contributed by atoms with Crippen LogP contribution in [-0.2, 0) is 0 Å². The second kappa shape index (κ2) is 6.68. The zero-order valence-corrected chi connectivity index (χ0v) is 14.7. The van der Waals surface area contributed by atoms with E-state index in [4.69, 9.17) is 11.6 Å². The maximum Gasteiger partial charge on any atom is 0.0406 e. The van der Waals surface area contributed by atoms with Crippen molar-refractivity contribution < 1.29 is 0 Å². The third-order valence-corrected chi connectivity index (χ3v) is 5.08. The molecule has 3 unspecified atom stereocenters. The number of hydrogen-bond acceptors (Lipinski definition) is 2. The van der Waals surface area contributed by atoms with Crippen molar-refractivity contribution >= 4 is 11.6 Å². The smallest absolute Gasteiger partial charge is 0.0406 e. The maximum absolute atomic E-state index is 6.02. The van der Waals surface area contributed by atoms with Crippen LogP contribution in [0, 0.1) is 5.41 Å². The third-order valence-electron chi connectivity index (χ3n) is 4.83. The summed E-state index contributed by atoms with van der Waals surface area (Å²) in [6.45, 7) is 13.7. The average Bonchev–Trinajstić information content (AvgIpc) is 2.45. The molecule has 1 fully saturated rings. The highest BCUT2D eigenvalue weighted by atomic mass is 35.5. The van der Waals surface area contributed by atoms with Crippen LogP contribution in [-0.4, -0.2) is 30.1 Å². The van der Waals surface area contributed by atoms with Gasteiger partial charge in [0.1, 0.15) is 0 Å².